The summed E-state index contributed by atoms with van der Waals surface area (Å²) in [5.74, 6) is 0.970. The standard InChI is InChI=1S/C18H23N3O3/c1-20-9-14(8-19-20)16-11-21(10-15(16)12-22)18(23)7-13-5-3-4-6-17(13)24-2/h3-6,8-9,15-16,22H,7,10-12H2,1-2H3/t15-,16-/m0/s1. The molecule has 1 aliphatic rings. The molecule has 0 aliphatic carbocycles. The van der Waals surface area contributed by atoms with Crippen LogP contribution in [-0.4, -0.2) is 52.5 Å². The zero-order valence-corrected chi connectivity index (χ0v) is 14.1. The normalized spacial score (nSPS) is 20.4. The molecule has 1 aromatic heterocycles. The second kappa shape index (κ2) is 7.05. The van der Waals surface area contributed by atoms with Gasteiger partial charge in [-0.05, 0) is 11.6 Å². The number of carbonyl (C=O) groups is 1. The molecule has 2 heterocycles. The largest absolute Gasteiger partial charge is 0.496 e. The first kappa shape index (κ1) is 16.5. The number of hydrogen-bond acceptors (Lipinski definition) is 4. The minimum absolute atomic E-state index is 0.0517. The highest BCUT2D eigenvalue weighted by Crippen LogP contribution is 2.32. The van der Waals surface area contributed by atoms with Crippen LogP contribution in [0.4, 0.5) is 0 Å². The Balaban J connectivity index is 1.72. The molecule has 6 heteroatoms. The van der Waals surface area contributed by atoms with Gasteiger partial charge in [0, 0.05) is 50.3 Å². The van der Waals surface area contributed by atoms with Crippen molar-refractivity contribution >= 4 is 5.91 Å². The summed E-state index contributed by atoms with van der Waals surface area (Å²) in [6, 6.07) is 7.57. The van der Waals surface area contributed by atoms with Gasteiger partial charge in [-0.3, -0.25) is 9.48 Å². The van der Waals surface area contributed by atoms with Crippen LogP contribution >= 0.6 is 0 Å². The summed E-state index contributed by atoms with van der Waals surface area (Å²) in [5.41, 5.74) is 1.96. The summed E-state index contributed by atoms with van der Waals surface area (Å²) in [5, 5.41) is 13.9. The SMILES string of the molecule is COc1ccccc1CC(=O)N1C[C@@H](CO)[C@H](c2cnn(C)c2)C1. The van der Waals surface area contributed by atoms with Gasteiger partial charge in [-0.15, -0.1) is 0 Å². The third-order valence-corrected chi connectivity index (χ3v) is 4.72. The van der Waals surface area contributed by atoms with E-state index in [1.807, 2.05) is 48.6 Å². The molecule has 1 aromatic carbocycles. The molecule has 1 N–H and O–H groups in total. The number of aliphatic hydroxyl groups excluding tert-OH is 1. The van der Waals surface area contributed by atoms with Crippen LogP contribution in [0.5, 0.6) is 5.75 Å². The maximum absolute atomic E-state index is 12.7. The van der Waals surface area contributed by atoms with E-state index >= 15 is 0 Å². The van der Waals surface area contributed by atoms with Crippen molar-refractivity contribution in [1.29, 1.82) is 0 Å². The van der Waals surface area contributed by atoms with Crippen molar-refractivity contribution < 1.29 is 14.6 Å². The van der Waals surface area contributed by atoms with E-state index in [1.165, 1.54) is 0 Å². The molecule has 128 valence electrons. The summed E-state index contributed by atoms with van der Waals surface area (Å²) in [6.07, 6.45) is 4.09. The first-order valence-electron chi connectivity index (χ1n) is 8.11. The van der Waals surface area contributed by atoms with Crippen LogP contribution in [0.3, 0.4) is 0 Å². The van der Waals surface area contributed by atoms with Crippen molar-refractivity contribution in [3.63, 3.8) is 0 Å². The summed E-state index contributed by atoms with van der Waals surface area (Å²) >= 11 is 0. The quantitative estimate of drug-likeness (QED) is 0.895. The number of hydrogen-bond donors (Lipinski definition) is 1. The number of rotatable bonds is 5. The van der Waals surface area contributed by atoms with Crippen LogP contribution in [0.25, 0.3) is 0 Å². The Bertz CT molecular complexity index is 713. The Morgan fingerprint density at radius 2 is 2.17 bits per heavy atom. The third-order valence-electron chi connectivity index (χ3n) is 4.72. The van der Waals surface area contributed by atoms with Crippen molar-refractivity contribution in [2.45, 2.75) is 12.3 Å². The van der Waals surface area contributed by atoms with Gasteiger partial charge in [-0.1, -0.05) is 18.2 Å². The average Bonchev–Trinajstić information content (AvgIpc) is 3.21. The average molecular weight is 329 g/mol. The molecule has 2 atom stereocenters. The lowest BCUT2D eigenvalue weighted by Gasteiger charge is -2.17. The van der Waals surface area contributed by atoms with Crippen LogP contribution in [0.15, 0.2) is 36.7 Å². The fourth-order valence-corrected chi connectivity index (χ4v) is 3.39. The van der Waals surface area contributed by atoms with Gasteiger partial charge < -0.3 is 14.7 Å². The Morgan fingerprint density at radius 3 is 2.83 bits per heavy atom. The van der Waals surface area contributed by atoms with Crippen molar-refractivity contribution in [2.75, 3.05) is 26.8 Å². The molecule has 0 radical (unpaired) electrons. The van der Waals surface area contributed by atoms with E-state index < -0.39 is 0 Å². The van der Waals surface area contributed by atoms with E-state index in [0.29, 0.717) is 19.5 Å². The zero-order chi connectivity index (χ0) is 17.1. The first-order chi connectivity index (χ1) is 11.6. The molecule has 0 spiro atoms. The number of aliphatic hydroxyl groups is 1. The number of nitrogens with zero attached hydrogens (tertiary/aromatic N) is 3. The lowest BCUT2D eigenvalue weighted by atomic mass is 9.92. The van der Waals surface area contributed by atoms with Gasteiger partial charge in [0.15, 0.2) is 0 Å². The number of aryl methyl sites for hydroxylation is 1. The number of amides is 1. The van der Waals surface area contributed by atoms with Gasteiger partial charge >= 0.3 is 0 Å². The Labute approximate surface area is 141 Å². The van der Waals surface area contributed by atoms with E-state index in [1.54, 1.807) is 11.8 Å². The Hall–Kier alpha value is -2.34. The van der Waals surface area contributed by atoms with E-state index in [0.717, 1.165) is 16.9 Å². The van der Waals surface area contributed by atoms with Crippen LogP contribution in [0.1, 0.15) is 17.0 Å². The van der Waals surface area contributed by atoms with Crippen LogP contribution in [0.2, 0.25) is 0 Å². The smallest absolute Gasteiger partial charge is 0.227 e. The van der Waals surface area contributed by atoms with E-state index in [-0.39, 0.29) is 24.3 Å². The second-order valence-corrected chi connectivity index (χ2v) is 6.28. The van der Waals surface area contributed by atoms with Gasteiger partial charge in [0.05, 0.1) is 19.7 Å². The summed E-state index contributed by atoms with van der Waals surface area (Å²) in [7, 11) is 3.48. The number of benzene rings is 1. The molecule has 3 rings (SSSR count). The number of methoxy groups -OCH3 is 1. The van der Waals surface area contributed by atoms with Crippen LogP contribution in [0, 0.1) is 5.92 Å². The molecule has 1 saturated heterocycles. The first-order valence-corrected chi connectivity index (χ1v) is 8.11. The van der Waals surface area contributed by atoms with Crippen LogP contribution in [-0.2, 0) is 18.3 Å². The minimum atomic E-state index is 0.0517. The molecule has 1 amide bonds. The van der Waals surface area contributed by atoms with E-state index in [9.17, 15) is 9.90 Å². The van der Waals surface area contributed by atoms with Gasteiger partial charge in [0.2, 0.25) is 5.91 Å². The van der Waals surface area contributed by atoms with Gasteiger partial charge in [0.25, 0.3) is 0 Å². The molecule has 1 fully saturated rings. The molecule has 0 bridgehead atoms. The third kappa shape index (κ3) is 3.28. The minimum Gasteiger partial charge on any atom is -0.496 e. The number of likely N-dealkylation sites (tertiary alicyclic amines) is 1. The highest BCUT2D eigenvalue weighted by molar-refractivity contribution is 5.80. The van der Waals surface area contributed by atoms with Crippen molar-refractivity contribution in [1.82, 2.24) is 14.7 Å². The van der Waals surface area contributed by atoms with Crippen LogP contribution < -0.4 is 4.74 Å². The fourth-order valence-electron chi connectivity index (χ4n) is 3.39. The number of ether oxygens (including phenoxy) is 1. The monoisotopic (exact) mass is 329 g/mol. The van der Waals surface area contributed by atoms with Gasteiger partial charge in [0.1, 0.15) is 5.75 Å². The van der Waals surface area contributed by atoms with Crippen molar-refractivity contribution in [3.8, 4) is 5.75 Å². The van der Waals surface area contributed by atoms with E-state index in [4.69, 9.17) is 4.74 Å². The molecule has 2 aromatic rings. The number of carbonyl (C=O) groups excluding carboxylic acids is 1. The maximum Gasteiger partial charge on any atom is 0.227 e. The Kier molecular flexibility index (Phi) is 4.85. The lowest BCUT2D eigenvalue weighted by molar-refractivity contribution is -0.129. The molecular formula is C18H23N3O3. The summed E-state index contributed by atoms with van der Waals surface area (Å²) < 4.78 is 7.08. The molecular weight excluding hydrogens is 306 g/mol. The predicted octanol–water partition coefficient (Wildman–Crippen LogP) is 1.21. The maximum atomic E-state index is 12.7. The number of aromatic nitrogens is 2. The highest BCUT2D eigenvalue weighted by Gasteiger charge is 2.36. The Morgan fingerprint density at radius 1 is 1.38 bits per heavy atom. The summed E-state index contributed by atoms with van der Waals surface area (Å²) in [6.45, 7) is 1.26. The van der Waals surface area contributed by atoms with Gasteiger partial charge in [-0.2, -0.15) is 5.10 Å². The van der Waals surface area contributed by atoms with Gasteiger partial charge in [-0.25, -0.2) is 0 Å². The van der Waals surface area contributed by atoms with E-state index in [2.05, 4.69) is 5.10 Å². The highest BCUT2D eigenvalue weighted by atomic mass is 16.5. The lowest BCUT2D eigenvalue weighted by Crippen LogP contribution is -2.30. The molecule has 1 aliphatic heterocycles. The number of para-hydroxylation sites is 1. The van der Waals surface area contributed by atoms with Crippen molar-refractivity contribution in [3.05, 3.63) is 47.8 Å². The molecule has 0 unspecified atom stereocenters. The molecule has 0 saturated carbocycles. The zero-order valence-electron chi connectivity index (χ0n) is 14.1. The molecule has 24 heavy (non-hydrogen) atoms. The molecule has 6 nitrogen and oxygen atoms in total. The summed E-state index contributed by atoms with van der Waals surface area (Å²) in [4.78, 5) is 14.5. The predicted molar refractivity (Wildman–Crippen MR) is 89.8 cm³/mol. The van der Waals surface area contributed by atoms with Crippen molar-refractivity contribution in [2.24, 2.45) is 13.0 Å². The fraction of sp³-hybridized carbons (Fsp3) is 0.444. The second-order valence-electron chi connectivity index (χ2n) is 6.28. The topological polar surface area (TPSA) is 67.6 Å².